The molecule has 7 nitrogen and oxygen atoms in total. The third-order valence-corrected chi connectivity index (χ3v) is 6.38. The number of carboxylic acids is 1. The number of carboxylic acid groups (broad SMARTS) is 1. The van der Waals surface area contributed by atoms with E-state index in [0.717, 1.165) is 35.1 Å². The van der Waals surface area contributed by atoms with Gasteiger partial charge in [0.2, 0.25) is 5.91 Å². The van der Waals surface area contributed by atoms with Crippen LogP contribution in [0.2, 0.25) is 0 Å². The Kier molecular flexibility index (Phi) is 8.34. The van der Waals surface area contributed by atoms with Gasteiger partial charge in [-0.2, -0.15) is 0 Å². The van der Waals surface area contributed by atoms with Gasteiger partial charge in [0.05, 0.1) is 0 Å². The SMILES string of the molecule is O=C(O)CC[C@H](NC(=O)OCC1c2ccccc2-c2ccccc21)C(=O)NCCCc1ccccc1. The van der Waals surface area contributed by atoms with Crippen LogP contribution in [-0.4, -0.2) is 42.3 Å². The van der Waals surface area contributed by atoms with Crippen LogP contribution in [0, 0.1) is 0 Å². The van der Waals surface area contributed by atoms with Gasteiger partial charge in [-0.15, -0.1) is 0 Å². The summed E-state index contributed by atoms with van der Waals surface area (Å²) in [6.07, 6.45) is 0.523. The van der Waals surface area contributed by atoms with Crippen molar-refractivity contribution < 1.29 is 24.2 Å². The average Bonchev–Trinajstić information content (AvgIpc) is 3.22. The van der Waals surface area contributed by atoms with Crippen molar-refractivity contribution in [3.05, 3.63) is 95.6 Å². The molecule has 0 spiro atoms. The molecule has 3 aromatic carbocycles. The molecule has 1 aliphatic carbocycles. The number of carbonyl (C=O) groups is 3. The molecular formula is C29H30N2O5. The van der Waals surface area contributed by atoms with Gasteiger partial charge in [0.25, 0.3) is 0 Å². The topological polar surface area (TPSA) is 105 Å². The normalized spacial score (nSPS) is 12.8. The molecule has 4 rings (SSSR count). The lowest BCUT2D eigenvalue weighted by Crippen LogP contribution is -2.47. The number of carbonyl (C=O) groups excluding carboxylic acids is 2. The van der Waals surface area contributed by atoms with Crippen LogP contribution < -0.4 is 10.6 Å². The molecule has 7 heteroatoms. The predicted molar refractivity (Wildman–Crippen MR) is 137 cm³/mol. The first kappa shape index (κ1) is 25.0. The zero-order valence-electron chi connectivity index (χ0n) is 20.0. The Labute approximate surface area is 210 Å². The number of benzene rings is 3. The second kappa shape index (κ2) is 12.0. The van der Waals surface area contributed by atoms with Gasteiger partial charge in [-0.3, -0.25) is 9.59 Å². The van der Waals surface area contributed by atoms with Crippen molar-refractivity contribution >= 4 is 18.0 Å². The van der Waals surface area contributed by atoms with Crippen LogP contribution >= 0.6 is 0 Å². The van der Waals surface area contributed by atoms with E-state index in [1.54, 1.807) is 0 Å². The van der Waals surface area contributed by atoms with Crippen LogP contribution in [0.3, 0.4) is 0 Å². The Balaban J connectivity index is 1.32. The molecule has 36 heavy (non-hydrogen) atoms. The standard InChI is InChI=1S/C29H30N2O5/c32-27(33)17-16-26(28(34)30-18-8-11-20-9-2-1-3-10-20)31-29(35)36-19-25-23-14-6-4-12-21(23)22-13-5-7-15-24(22)25/h1-7,9-10,12-15,25-26H,8,11,16-19H2,(H,30,34)(H,31,35)(H,32,33)/t26-/m0/s1. The number of hydrogen-bond acceptors (Lipinski definition) is 4. The molecule has 0 aromatic heterocycles. The van der Waals surface area contributed by atoms with Crippen molar-refractivity contribution in [2.75, 3.05) is 13.2 Å². The lowest BCUT2D eigenvalue weighted by Gasteiger charge is -2.19. The number of fused-ring (bicyclic) bond motifs is 3. The highest BCUT2D eigenvalue weighted by Gasteiger charge is 2.29. The molecule has 0 bridgehead atoms. The lowest BCUT2D eigenvalue weighted by molar-refractivity contribution is -0.137. The van der Waals surface area contributed by atoms with E-state index in [0.29, 0.717) is 6.54 Å². The molecule has 2 amide bonds. The van der Waals surface area contributed by atoms with Gasteiger partial charge in [-0.05, 0) is 47.1 Å². The summed E-state index contributed by atoms with van der Waals surface area (Å²) in [6, 6.07) is 25.0. The lowest BCUT2D eigenvalue weighted by atomic mass is 9.98. The zero-order chi connectivity index (χ0) is 25.3. The van der Waals surface area contributed by atoms with E-state index in [4.69, 9.17) is 9.84 Å². The van der Waals surface area contributed by atoms with Crippen molar-refractivity contribution in [1.29, 1.82) is 0 Å². The summed E-state index contributed by atoms with van der Waals surface area (Å²) in [4.78, 5) is 36.4. The molecule has 0 saturated heterocycles. The van der Waals surface area contributed by atoms with Crippen molar-refractivity contribution in [1.82, 2.24) is 10.6 Å². The van der Waals surface area contributed by atoms with Gasteiger partial charge in [0.15, 0.2) is 0 Å². The molecular weight excluding hydrogens is 456 g/mol. The van der Waals surface area contributed by atoms with E-state index in [9.17, 15) is 14.4 Å². The minimum Gasteiger partial charge on any atom is -0.481 e. The highest BCUT2D eigenvalue weighted by Crippen LogP contribution is 2.44. The van der Waals surface area contributed by atoms with E-state index in [1.165, 1.54) is 5.56 Å². The summed E-state index contributed by atoms with van der Waals surface area (Å²) in [7, 11) is 0. The van der Waals surface area contributed by atoms with E-state index < -0.39 is 24.0 Å². The second-order valence-electron chi connectivity index (χ2n) is 8.84. The Hall–Kier alpha value is -4.13. The Morgan fingerprint density at radius 3 is 2.11 bits per heavy atom. The minimum absolute atomic E-state index is 0.0238. The smallest absolute Gasteiger partial charge is 0.407 e. The zero-order valence-corrected chi connectivity index (χ0v) is 20.0. The van der Waals surface area contributed by atoms with Crippen molar-refractivity contribution in [2.45, 2.75) is 37.6 Å². The highest BCUT2D eigenvalue weighted by atomic mass is 16.5. The quantitative estimate of drug-likeness (QED) is 0.346. The molecule has 1 aliphatic rings. The summed E-state index contributed by atoms with van der Waals surface area (Å²) in [6.45, 7) is 0.536. The number of rotatable bonds is 11. The summed E-state index contributed by atoms with van der Waals surface area (Å²) < 4.78 is 5.53. The maximum absolute atomic E-state index is 12.7. The second-order valence-corrected chi connectivity index (χ2v) is 8.84. The Morgan fingerprint density at radius 2 is 1.47 bits per heavy atom. The Morgan fingerprint density at radius 1 is 0.861 bits per heavy atom. The first-order chi connectivity index (χ1) is 17.5. The number of nitrogens with one attached hydrogen (secondary N) is 2. The summed E-state index contributed by atoms with van der Waals surface area (Å²) in [5.74, 6) is -1.56. The molecule has 186 valence electrons. The monoisotopic (exact) mass is 486 g/mol. The molecule has 0 aliphatic heterocycles. The van der Waals surface area contributed by atoms with E-state index in [1.807, 2.05) is 66.7 Å². The third kappa shape index (κ3) is 6.30. The number of aryl methyl sites for hydroxylation is 1. The van der Waals surface area contributed by atoms with Crippen molar-refractivity contribution in [3.8, 4) is 11.1 Å². The summed E-state index contributed by atoms with van der Waals surface area (Å²) in [5, 5.41) is 14.4. The van der Waals surface area contributed by atoms with Gasteiger partial charge in [0, 0.05) is 18.9 Å². The van der Waals surface area contributed by atoms with Gasteiger partial charge in [0.1, 0.15) is 12.6 Å². The Bertz CT molecular complexity index is 1170. The fourth-order valence-electron chi connectivity index (χ4n) is 4.59. The maximum atomic E-state index is 12.7. The van der Waals surface area contributed by atoms with Gasteiger partial charge in [-0.25, -0.2) is 4.79 Å². The van der Waals surface area contributed by atoms with E-state index >= 15 is 0 Å². The van der Waals surface area contributed by atoms with Crippen LogP contribution in [0.4, 0.5) is 4.79 Å². The average molecular weight is 487 g/mol. The van der Waals surface area contributed by atoms with Gasteiger partial charge in [-0.1, -0.05) is 78.9 Å². The molecule has 0 heterocycles. The van der Waals surface area contributed by atoms with Crippen LogP contribution in [0.5, 0.6) is 0 Å². The number of aliphatic carboxylic acids is 1. The number of ether oxygens (including phenoxy) is 1. The number of amides is 2. The summed E-state index contributed by atoms with van der Waals surface area (Å²) >= 11 is 0. The molecule has 1 atom stereocenters. The van der Waals surface area contributed by atoms with Crippen LogP contribution in [0.15, 0.2) is 78.9 Å². The summed E-state index contributed by atoms with van der Waals surface area (Å²) in [5.41, 5.74) is 5.59. The minimum atomic E-state index is -1.04. The van der Waals surface area contributed by atoms with E-state index in [2.05, 4.69) is 22.8 Å². The molecule has 3 aromatic rings. The van der Waals surface area contributed by atoms with Crippen molar-refractivity contribution in [2.24, 2.45) is 0 Å². The van der Waals surface area contributed by atoms with Crippen molar-refractivity contribution in [3.63, 3.8) is 0 Å². The van der Waals surface area contributed by atoms with Crippen LogP contribution in [0.25, 0.3) is 11.1 Å². The van der Waals surface area contributed by atoms with Gasteiger partial charge < -0.3 is 20.5 Å². The fourth-order valence-corrected chi connectivity index (χ4v) is 4.59. The van der Waals surface area contributed by atoms with Crippen LogP contribution in [0.1, 0.15) is 41.9 Å². The first-order valence-corrected chi connectivity index (χ1v) is 12.2. The molecule has 0 saturated carbocycles. The largest absolute Gasteiger partial charge is 0.481 e. The number of hydrogen-bond donors (Lipinski definition) is 3. The van der Waals surface area contributed by atoms with E-state index in [-0.39, 0.29) is 25.4 Å². The highest BCUT2D eigenvalue weighted by molar-refractivity contribution is 5.86. The third-order valence-electron chi connectivity index (χ3n) is 6.38. The maximum Gasteiger partial charge on any atom is 0.407 e. The molecule has 0 fully saturated rings. The van der Waals surface area contributed by atoms with Crippen LogP contribution in [-0.2, 0) is 20.7 Å². The molecule has 0 radical (unpaired) electrons. The van der Waals surface area contributed by atoms with Gasteiger partial charge >= 0.3 is 12.1 Å². The molecule has 0 unspecified atom stereocenters. The first-order valence-electron chi connectivity index (χ1n) is 12.2. The predicted octanol–water partition coefficient (Wildman–Crippen LogP) is 4.51. The number of alkyl carbamates (subject to hydrolysis) is 1. The fraction of sp³-hybridized carbons (Fsp3) is 0.276. The molecule has 3 N–H and O–H groups in total.